The number of rotatable bonds is 7. The molecule has 1 N–H and O–H groups in total. The molecule has 0 saturated carbocycles. The van der Waals surface area contributed by atoms with E-state index in [1.165, 1.54) is 0 Å². The molecule has 1 aliphatic rings. The summed E-state index contributed by atoms with van der Waals surface area (Å²) in [6.45, 7) is 4.03. The summed E-state index contributed by atoms with van der Waals surface area (Å²) in [5.74, 6) is 0.749. The number of hydrogen-bond donors (Lipinski definition) is 1. The van der Waals surface area contributed by atoms with E-state index in [9.17, 15) is 5.11 Å². The molecule has 0 radical (unpaired) electrons. The van der Waals surface area contributed by atoms with E-state index in [1.807, 2.05) is 30.3 Å². The Morgan fingerprint density at radius 2 is 1.76 bits per heavy atom. The lowest BCUT2D eigenvalue weighted by Gasteiger charge is -2.28. The third-order valence-corrected chi connectivity index (χ3v) is 4.97. The summed E-state index contributed by atoms with van der Waals surface area (Å²) in [6, 6.07) is 12.5. The molecule has 0 bridgehead atoms. The van der Waals surface area contributed by atoms with Gasteiger partial charge in [-0.15, -0.1) is 0 Å². The van der Waals surface area contributed by atoms with Crippen LogP contribution in [0.15, 0.2) is 48.8 Å². The molecule has 4 rings (SSSR count). The average molecular weight is 395 g/mol. The zero-order valence-corrected chi connectivity index (χ0v) is 16.5. The molecule has 1 aromatic heterocycles. The fourth-order valence-corrected chi connectivity index (χ4v) is 3.39. The SMILES string of the molecule is COc1ncc(-c2ccc3cc(OCC(O)CN4CCOCC4)ccc3c2)cn1. The highest BCUT2D eigenvalue weighted by Gasteiger charge is 2.15. The first-order valence-electron chi connectivity index (χ1n) is 9.72. The average Bonchev–Trinajstić information content (AvgIpc) is 2.78. The molecule has 1 fully saturated rings. The highest BCUT2D eigenvalue weighted by atomic mass is 16.5. The van der Waals surface area contributed by atoms with Crippen LogP contribution in [0, 0.1) is 0 Å². The van der Waals surface area contributed by atoms with Gasteiger partial charge in [-0.05, 0) is 34.5 Å². The van der Waals surface area contributed by atoms with E-state index in [-0.39, 0.29) is 6.61 Å². The molecule has 1 atom stereocenters. The quantitative estimate of drug-likeness (QED) is 0.658. The van der Waals surface area contributed by atoms with Crippen LogP contribution in [0.2, 0.25) is 0 Å². The van der Waals surface area contributed by atoms with E-state index in [2.05, 4.69) is 20.9 Å². The fraction of sp³-hybridized carbons (Fsp3) is 0.364. The summed E-state index contributed by atoms with van der Waals surface area (Å²) in [4.78, 5) is 10.5. The van der Waals surface area contributed by atoms with Gasteiger partial charge in [-0.25, -0.2) is 9.97 Å². The zero-order valence-electron chi connectivity index (χ0n) is 16.5. The first-order valence-corrected chi connectivity index (χ1v) is 9.72. The number of nitrogens with zero attached hydrogens (tertiary/aromatic N) is 3. The van der Waals surface area contributed by atoms with Gasteiger partial charge in [0.1, 0.15) is 18.5 Å². The second kappa shape index (κ2) is 9.17. The van der Waals surface area contributed by atoms with Crippen LogP contribution in [0.3, 0.4) is 0 Å². The zero-order chi connectivity index (χ0) is 20.1. The highest BCUT2D eigenvalue weighted by molar-refractivity contribution is 5.88. The number of methoxy groups -OCH3 is 1. The highest BCUT2D eigenvalue weighted by Crippen LogP contribution is 2.27. The maximum Gasteiger partial charge on any atom is 0.316 e. The van der Waals surface area contributed by atoms with E-state index in [4.69, 9.17) is 14.2 Å². The van der Waals surface area contributed by atoms with E-state index in [0.29, 0.717) is 12.6 Å². The van der Waals surface area contributed by atoms with Crippen LogP contribution >= 0.6 is 0 Å². The number of morpholine rings is 1. The number of benzene rings is 2. The molecule has 152 valence electrons. The lowest BCUT2D eigenvalue weighted by molar-refractivity contribution is 0.00467. The second-order valence-electron chi connectivity index (χ2n) is 7.06. The third kappa shape index (κ3) is 5.00. The van der Waals surface area contributed by atoms with Crippen molar-refractivity contribution in [3.8, 4) is 22.9 Å². The molecule has 7 nitrogen and oxygen atoms in total. The van der Waals surface area contributed by atoms with Crippen molar-refractivity contribution in [2.24, 2.45) is 0 Å². The van der Waals surface area contributed by atoms with Crippen LogP contribution in [0.1, 0.15) is 0 Å². The number of β-amino-alcohol motifs (C(OH)–C–C–N with tert-alkyl or cyclic N) is 1. The normalized spacial score (nSPS) is 15.9. The smallest absolute Gasteiger partial charge is 0.316 e. The van der Waals surface area contributed by atoms with Crippen molar-refractivity contribution < 1.29 is 19.3 Å². The predicted octanol–water partition coefficient (Wildman–Crippen LogP) is 2.38. The molecule has 1 unspecified atom stereocenters. The Kier molecular flexibility index (Phi) is 6.19. The fourth-order valence-electron chi connectivity index (χ4n) is 3.39. The van der Waals surface area contributed by atoms with Crippen molar-refractivity contribution in [3.05, 3.63) is 48.8 Å². The maximum absolute atomic E-state index is 10.2. The number of aliphatic hydroxyl groups excluding tert-OH is 1. The summed E-state index contributed by atoms with van der Waals surface area (Å²) in [7, 11) is 1.55. The standard InChI is InChI=1S/C22H25N3O4/c1-27-22-23-12-19(13-24-22)17-2-3-18-11-21(5-4-16(18)10-17)29-15-20(26)14-25-6-8-28-9-7-25/h2-5,10-13,20,26H,6-9,14-15H2,1H3. The minimum atomic E-state index is -0.527. The van der Waals surface area contributed by atoms with Gasteiger partial charge in [-0.1, -0.05) is 18.2 Å². The lowest BCUT2D eigenvalue weighted by atomic mass is 10.0. The molecule has 2 heterocycles. The second-order valence-corrected chi connectivity index (χ2v) is 7.06. The molecular formula is C22H25N3O4. The van der Waals surface area contributed by atoms with E-state index in [0.717, 1.165) is 54.0 Å². The summed E-state index contributed by atoms with van der Waals surface area (Å²) >= 11 is 0. The summed E-state index contributed by atoms with van der Waals surface area (Å²) in [6.07, 6.45) is 2.97. The molecule has 0 amide bonds. The van der Waals surface area contributed by atoms with Crippen molar-refractivity contribution >= 4 is 10.8 Å². The molecule has 29 heavy (non-hydrogen) atoms. The topological polar surface area (TPSA) is 76.9 Å². The number of hydrogen-bond acceptors (Lipinski definition) is 7. The summed E-state index contributed by atoms with van der Waals surface area (Å²) in [5, 5.41) is 12.4. The maximum atomic E-state index is 10.2. The van der Waals surface area contributed by atoms with Crippen LogP contribution in [-0.2, 0) is 4.74 Å². The van der Waals surface area contributed by atoms with E-state index < -0.39 is 6.10 Å². The molecule has 1 aliphatic heterocycles. The predicted molar refractivity (Wildman–Crippen MR) is 110 cm³/mol. The van der Waals surface area contributed by atoms with Crippen molar-refractivity contribution in [1.29, 1.82) is 0 Å². The minimum absolute atomic E-state index is 0.268. The van der Waals surface area contributed by atoms with Crippen LogP contribution in [0.4, 0.5) is 0 Å². The molecular weight excluding hydrogens is 370 g/mol. The number of ether oxygens (including phenoxy) is 3. The Bertz CT molecular complexity index is 942. The van der Waals surface area contributed by atoms with Crippen molar-refractivity contribution in [3.63, 3.8) is 0 Å². The van der Waals surface area contributed by atoms with Gasteiger partial charge in [-0.2, -0.15) is 0 Å². The monoisotopic (exact) mass is 395 g/mol. The van der Waals surface area contributed by atoms with Gasteiger partial charge < -0.3 is 19.3 Å². The Morgan fingerprint density at radius 3 is 2.52 bits per heavy atom. The van der Waals surface area contributed by atoms with Gasteiger partial charge in [-0.3, -0.25) is 4.90 Å². The molecule has 1 saturated heterocycles. The van der Waals surface area contributed by atoms with Crippen molar-refractivity contribution in [2.75, 3.05) is 46.6 Å². The van der Waals surface area contributed by atoms with E-state index in [1.54, 1.807) is 19.5 Å². The summed E-state index contributed by atoms with van der Waals surface area (Å²) < 4.78 is 16.2. The van der Waals surface area contributed by atoms with Crippen LogP contribution in [0.25, 0.3) is 21.9 Å². The number of aromatic nitrogens is 2. The Hall–Kier alpha value is -2.74. The summed E-state index contributed by atoms with van der Waals surface area (Å²) in [5.41, 5.74) is 1.97. The lowest BCUT2D eigenvalue weighted by Crippen LogP contribution is -2.42. The third-order valence-electron chi connectivity index (χ3n) is 4.97. The number of fused-ring (bicyclic) bond motifs is 1. The van der Waals surface area contributed by atoms with Gasteiger partial charge in [0.05, 0.1) is 20.3 Å². The molecule has 2 aromatic carbocycles. The Balaban J connectivity index is 1.39. The van der Waals surface area contributed by atoms with Crippen LogP contribution in [-0.4, -0.2) is 72.6 Å². The van der Waals surface area contributed by atoms with Crippen LogP contribution in [0.5, 0.6) is 11.8 Å². The Morgan fingerprint density at radius 1 is 1.03 bits per heavy atom. The van der Waals surface area contributed by atoms with E-state index >= 15 is 0 Å². The molecule has 3 aromatic rings. The van der Waals surface area contributed by atoms with Gasteiger partial charge in [0.2, 0.25) is 0 Å². The van der Waals surface area contributed by atoms with Gasteiger partial charge in [0, 0.05) is 37.6 Å². The van der Waals surface area contributed by atoms with Gasteiger partial charge in [0.25, 0.3) is 0 Å². The first kappa shape index (κ1) is 19.6. The van der Waals surface area contributed by atoms with Gasteiger partial charge >= 0.3 is 6.01 Å². The van der Waals surface area contributed by atoms with Crippen LogP contribution < -0.4 is 9.47 Å². The minimum Gasteiger partial charge on any atom is -0.491 e. The molecule has 0 spiro atoms. The van der Waals surface area contributed by atoms with Crippen molar-refractivity contribution in [2.45, 2.75) is 6.10 Å². The van der Waals surface area contributed by atoms with Crippen molar-refractivity contribution in [1.82, 2.24) is 14.9 Å². The molecule has 7 heteroatoms. The molecule has 0 aliphatic carbocycles. The number of aliphatic hydroxyl groups is 1. The Labute approximate surface area is 169 Å². The van der Waals surface area contributed by atoms with Gasteiger partial charge in [0.15, 0.2) is 0 Å². The first-order chi connectivity index (χ1) is 14.2. The largest absolute Gasteiger partial charge is 0.491 e.